The zero-order valence-corrected chi connectivity index (χ0v) is 25.1. The van der Waals surface area contributed by atoms with Crippen LogP contribution in [0, 0.1) is 24.6 Å². The highest BCUT2D eigenvalue weighted by Crippen LogP contribution is 2.25. The van der Waals surface area contributed by atoms with Crippen molar-refractivity contribution in [2.75, 3.05) is 26.2 Å². The maximum atomic E-state index is 13.1. The number of hydrogen-bond donors (Lipinski definition) is 0. The molecule has 2 saturated heterocycles. The normalized spacial score (nSPS) is 16.2. The van der Waals surface area contributed by atoms with E-state index in [1.807, 2.05) is 43.3 Å². The molecule has 1 amide bonds. The van der Waals surface area contributed by atoms with Crippen LogP contribution >= 0.6 is 0 Å². The second kappa shape index (κ2) is 15.5. The molecule has 1 aromatic heterocycles. The van der Waals surface area contributed by atoms with E-state index in [-0.39, 0.29) is 29.2 Å². The fourth-order valence-electron chi connectivity index (χ4n) is 5.72. The van der Waals surface area contributed by atoms with Crippen molar-refractivity contribution < 1.29 is 27.2 Å². The third-order valence-corrected chi connectivity index (χ3v) is 8.29. The van der Waals surface area contributed by atoms with Gasteiger partial charge in [0.15, 0.2) is 11.6 Å². The van der Waals surface area contributed by atoms with Gasteiger partial charge in [-0.2, -0.15) is 8.42 Å². The van der Waals surface area contributed by atoms with Gasteiger partial charge in [0.05, 0.1) is 0 Å². The van der Waals surface area contributed by atoms with E-state index in [4.69, 9.17) is 8.42 Å². The van der Waals surface area contributed by atoms with E-state index in [0.29, 0.717) is 49.5 Å². The minimum atomic E-state index is -0.750. The van der Waals surface area contributed by atoms with Gasteiger partial charge in [-0.1, -0.05) is 42.0 Å². The number of halogens is 1. The molecule has 0 saturated carbocycles. The summed E-state index contributed by atoms with van der Waals surface area (Å²) in [6.07, 6.45) is 5.16. The molecule has 10 heteroatoms. The monoisotopic (exact) mass is 605 g/mol. The lowest BCUT2D eigenvalue weighted by atomic mass is 9.88. The van der Waals surface area contributed by atoms with E-state index in [1.165, 1.54) is 18.3 Å². The molecule has 2 aliphatic heterocycles. The number of rotatable bonds is 8. The van der Waals surface area contributed by atoms with Gasteiger partial charge in [0.2, 0.25) is 0 Å². The van der Waals surface area contributed by atoms with Gasteiger partial charge in [-0.3, -0.25) is 24.3 Å². The Bertz CT molecular complexity index is 1420. The Hall–Kier alpha value is -3.89. The van der Waals surface area contributed by atoms with Crippen LogP contribution in [0.3, 0.4) is 0 Å². The van der Waals surface area contributed by atoms with E-state index in [9.17, 15) is 18.8 Å². The molecule has 0 atom stereocenters. The molecule has 0 spiro atoms. The van der Waals surface area contributed by atoms with Crippen LogP contribution in [0.5, 0.6) is 0 Å². The molecule has 2 aromatic carbocycles. The molecular weight excluding hydrogens is 569 g/mol. The van der Waals surface area contributed by atoms with Crippen molar-refractivity contribution in [3.63, 3.8) is 0 Å². The number of ketones is 2. The third-order valence-electron chi connectivity index (χ3n) is 8.29. The Kier molecular flexibility index (Phi) is 11.6. The number of pyridine rings is 1. The quantitative estimate of drug-likeness (QED) is 0.330. The van der Waals surface area contributed by atoms with E-state index in [2.05, 4.69) is 9.88 Å². The average Bonchev–Trinajstić information content (AvgIpc) is 3.03. The van der Waals surface area contributed by atoms with Crippen LogP contribution in [-0.2, 0) is 18.1 Å². The SMILES string of the molecule is Cc1ccc(C(=O)C2CCN(C(=O)c3ccc(C(=O)CC4CCN(Cc5ccc(F)cc5)CC4)cn3)CC2)cc1.O=S=O. The van der Waals surface area contributed by atoms with Crippen LogP contribution in [0.25, 0.3) is 0 Å². The van der Waals surface area contributed by atoms with Crippen molar-refractivity contribution in [2.24, 2.45) is 11.8 Å². The zero-order chi connectivity index (χ0) is 30.8. The van der Waals surface area contributed by atoms with Crippen LogP contribution in [0.1, 0.15) is 74.4 Å². The number of nitrogens with zero attached hydrogens (tertiary/aromatic N) is 3. The Labute approximate surface area is 254 Å². The molecule has 5 rings (SSSR count). The first-order valence-electron chi connectivity index (χ1n) is 14.6. The summed E-state index contributed by atoms with van der Waals surface area (Å²) < 4.78 is 29.7. The van der Waals surface area contributed by atoms with Gasteiger partial charge in [0.25, 0.3) is 5.91 Å². The summed E-state index contributed by atoms with van der Waals surface area (Å²) >= 11 is -0.750. The fraction of sp³-hybridized carbons (Fsp3) is 0.394. The number of carbonyl (C=O) groups is 3. The predicted molar refractivity (Wildman–Crippen MR) is 161 cm³/mol. The standard InChI is InChI=1S/C33H36FN3O3.O2S/c1-23-2-6-26(7-3-23)32(39)27-14-18-37(19-15-27)33(40)30-11-8-28(21-35-30)31(38)20-24-12-16-36(17-13-24)22-25-4-9-29(34)10-5-25;1-3-2/h2-11,21,24,27H,12-20,22H2,1H3;. The summed E-state index contributed by atoms with van der Waals surface area (Å²) in [5.74, 6) is 0.0655. The van der Waals surface area contributed by atoms with Crippen molar-refractivity contribution >= 4 is 29.0 Å². The van der Waals surface area contributed by atoms with E-state index < -0.39 is 11.6 Å². The van der Waals surface area contributed by atoms with Gasteiger partial charge in [0, 0.05) is 49.3 Å². The number of aryl methyl sites for hydroxylation is 1. The first-order chi connectivity index (χ1) is 20.8. The van der Waals surface area contributed by atoms with Gasteiger partial charge < -0.3 is 4.90 Å². The van der Waals surface area contributed by atoms with Gasteiger partial charge in [-0.25, -0.2) is 4.39 Å². The predicted octanol–water partition coefficient (Wildman–Crippen LogP) is 5.08. The lowest BCUT2D eigenvalue weighted by Crippen LogP contribution is -2.40. The molecule has 0 N–H and O–H groups in total. The van der Waals surface area contributed by atoms with Crippen molar-refractivity contribution in [3.05, 3.63) is 101 Å². The zero-order valence-electron chi connectivity index (χ0n) is 24.2. The summed E-state index contributed by atoms with van der Waals surface area (Å²) in [5, 5.41) is 0. The van der Waals surface area contributed by atoms with Crippen LogP contribution in [0.2, 0.25) is 0 Å². The smallest absolute Gasteiger partial charge is 0.335 e. The maximum Gasteiger partial charge on any atom is 0.335 e. The molecule has 226 valence electrons. The number of piperidine rings is 2. The molecule has 2 fully saturated rings. The number of likely N-dealkylation sites (tertiary alicyclic amines) is 2. The fourth-order valence-corrected chi connectivity index (χ4v) is 5.72. The molecule has 0 unspecified atom stereocenters. The Morgan fingerprint density at radius 2 is 1.44 bits per heavy atom. The van der Waals surface area contributed by atoms with Gasteiger partial charge in [-0.05, 0) is 81.4 Å². The highest BCUT2D eigenvalue weighted by atomic mass is 32.1. The molecule has 0 radical (unpaired) electrons. The Balaban J connectivity index is 0.00000135. The first-order valence-corrected chi connectivity index (χ1v) is 15.2. The van der Waals surface area contributed by atoms with Crippen LogP contribution in [0.4, 0.5) is 4.39 Å². The largest absolute Gasteiger partial charge is 0.337 e. The Morgan fingerprint density at radius 3 is 2.02 bits per heavy atom. The second-order valence-electron chi connectivity index (χ2n) is 11.3. The lowest BCUT2D eigenvalue weighted by molar-refractivity contribution is 0.0645. The molecule has 3 aromatic rings. The number of benzene rings is 2. The van der Waals surface area contributed by atoms with E-state index in [1.54, 1.807) is 17.0 Å². The summed E-state index contributed by atoms with van der Waals surface area (Å²) in [4.78, 5) is 47.2. The number of Topliss-reactive ketones (excluding diaryl/α,β-unsaturated/α-hetero) is 2. The van der Waals surface area contributed by atoms with Gasteiger partial charge in [-0.15, -0.1) is 0 Å². The Morgan fingerprint density at radius 1 is 0.837 bits per heavy atom. The molecule has 0 aliphatic carbocycles. The summed E-state index contributed by atoms with van der Waals surface area (Å²) in [5.41, 5.74) is 3.81. The highest BCUT2D eigenvalue weighted by Gasteiger charge is 2.29. The lowest BCUT2D eigenvalue weighted by Gasteiger charge is -2.31. The van der Waals surface area contributed by atoms with Crippen molar-refractivity contribution in [1.82, 2.24) is 14.8 Å². The molecule has 0 bridgehead atoms. The van der Waals surface area contributed by atoms with Crippen LogP contribution < -0.4 is 0 Å². The number of hydrogen-bond acceptors (Lipinski definition) is 7. The van der Waals surface area contributed by atoms with E-state index >= 15 is 0 Å². The summed E-state index contributed by atoms with van der Waals surface area (Å²) in [7, 11) is 0. The highest BCUT2D eigenvalue weighted by molar-refractivity contribution is 7.51. The molecular formula is C33H36FN3O5S. The molecule has 3 heterocycles. The minimum absolute atomic E-state index is 0.0546. The van der Waals surface area contributed by atoms with E-state index in [0.717, 1.165) is 49.2 Å². The number of carbonyl (C=O) groups excluding carboxylic acids is 3. The van der Waals surface area contributed by atoms with Crippen molar-refractivity contribution in [1.29, 1.82) is 0 Å². The molecule has 43 heavy (non-hydrogen) atoms. The number of aromatic nitrogens is 1. The maximum absolute atomic E-state index is 13.1. The summed E-state index contributed by atoms with van der Waals surface area (Å²) in [6, 6.07) is 17.6. The van der Waals surface area contributed by atoms with Crippen molar-refractivity contribution in [2.45, 2.75) is 45.6 Å². The van der Waals surface area contributed by atoms with Crippen LogP contribution in [-0.4, -0.2) is 66.9 Å². The molecule has 2 aliphatic rings. The third kappa shape index (κ3) is 9.05. The van der Waals surface area contributed by atoms with Gasteiger partial charge in [0.1, 0.15) is 11.5 Å². The van der Waals surface area contributed by atoms with Crippen LogP contribution in [0.15, 0.2) is 66.9 Å². The second-order valence-corrected chi connectivity index (χ2v) is 11.4. The first kappa shape index (κ1) is 32.0. The number of amides is 1. The average molecular weight is 606 g/mol. The van der Waals surface area contributed by atoms with Gasteiger partial charge >= 0.3 is 11.6 Å². The minimum Gasteiger partial charge on any atom is -0.337 e. The topological polar surface area (TPSA) is 105 Å². The summed E-state index contributed by atoms with van der Waals surface area (Å²) in [6.45, 7) is 5.65. The van der Waals surface area contributed by atoms with Crippen molar-refractivity contribution in [3.8, 4) is 0 Å². The molecule has 8 nitrogen and oxygen atoms in total.